The number of rotatable bonds is 2. The van der Waals surface area contributed by atoms with Crippen molar-refractivity contribution in [3.63, 3.8) is 0 Å². The third-order valence-electron chi connectivity index (χ3n) is 1.46. The Kier molecular flexibility index (Phi) is 2.91. The standard InChI is InChI=1S/C8H11NOS/c1-6(2)8-4-3-7(11-10)5-9-8/h3-6,10H,1-2H3. The van der Waals surface area contributed by atoms with Crippen LogP contribution < -0.4 is 0 Å². The molecule has 0 saturated carbocycles. The molecule has 1 N–H and O–H groups in total. The quantitative estimate of drug-likeness (QED) is 0.691. The molecule has 0 aromatic carbocycles. The lowest BCUT2D eigenvalue weighted by Crippen LogP contribution is -1.90. The van der Waals surface area contributed by atoms with Gasteiger partial charge in [0.25, 0.3) is 0 Å². The van der Waals surface area contributed by atoms with Crippen LogP contribution in [0, 0.1) is 0 Å². The average Bonchev–Trinajstić information content (AvgIpc) is 2.05. The van der Waals surface area contributed by atoms with E-state index in [2.05, 4.69) is 18.8 Å². The molecule has 0 unspecified atom stereocenters. The van der Waals surface area contributed by atoms with Gasteiger partial charge in [0.1, 0.15) is 0 Å². The molecule has 3 heteroatoms. The van der Waals surface area contributed by atoms with Crippen molar-refractivity contribution >= 4 is 12.0 Å². The number of nitrogens with zero attached hydrogens (tertiary/aromatic N) is 1. The molecule has 0 saturated heterocycles. The number of hydrogen-bond acceptors (Lipinski definition) is 3. The molecular weight excluding hydrogens is 158 g/mol. The minimum atomic E-state index is 0.452. The average molecular weight is 169 g/mol. The van der Waals surface area contributed by atoms with Gasteiger partial charge in [-0.3, -0.25) is 4.98 Å². The molecule has 0 amide bonds. The van der Waals surface area contributed by atoms with E-state index in [1.807, 2.05) is 12.1 Å². The highest BCUT2D eigenvalue weighted by Crippen LogP contribution is 2.16. The maximum Gasteiger partial charge on any atom is 0.0534 e. The zero-order valence-corrected chi connectivity index (χ0v) is 7.43. The highest BCUT2D eigenvalue weighted by atomic mass is 32.2. The third kappa shape index (κ3) is 2.20. The van der Waals surface area contributed by atoms with Crippen LogP contribution in [-0.2, 0) is 0 Å². The summed E-state index contributed by atoms with van der Waals surface area (Å²) < 4.78 is 8.64. The van der Waals surface area contributed by atoms with Crippen molar-refractivity contribution in [3.05, 3.63) is 24.0 Å². The van der Waals surface area contributed by atoms with Gasteiger partial charge in [0.05, 0.1) is 4.90 Å². The summed E-state index contributed by atoms with van der Waals surface area (Å²) in [7, 11) is 0. The number of pyridine rings is 1. The molecule has 1 rings (SSSR count). The summed E-state index contributed by atoms with van der Waals surface area (Å²) in [5, 5.41) is 0. The van der Waals surface area contributed by atoms with Gasteiger partial charge in [-0.05, 0) is 18.1 Å². The van der Waals surface area contributed by atoms with E-state index in [1.165, 1.54) is 0 Å². The van der Waals surface area contributed by atoms with E-state index >= 15 is 0 Å². The van der Waals surface area contributed by atoms with Crippen LogP contribution in [-0.4, -0.2) is 9.54 Å². The van der Waals surface area contributed by atoms with Crippen LogP contribution in [0.3, 0.4) is 0 Å². The second kappa shape index (κ2) is 3.74. The van der Waals surface area contributed by atoms with E-state index < -0.39 is 0 Å². The topological polar surface area (TPSA) is 33.1 Å². The Balaban J connectivity index is 2.83. The van der Waals surface area contributed by atoms with Crippen molar-refractivity contribution in [2.24, 2.45) is 0 Å². The Morgan fingerprint density at radius 3 is 2.55 bits per heavy atom. The molecule has 60 valence electrons. The maximum atomic E-state index is 8.64. The van der Waals surface area contributed by atoms with E-state index in [0.717, 1.165) is 22.6 Å². The van der Waals surface area contributed by atoms with Crippen molar-refractivity contribution in [1.82, 2.24) is 4.98 Å². The summed E-state index contributed by atoms with van der Waals surface area (Å²) in [6.45, 7) is 4.18. The maximum absolute atomic E-state index is 8.64. The van der Waals surface area contributed by atoms with E-state index in [0.29, 0.717) is 5.92 Å². The Morgan fingerprint density at radius 2 is 2.18 bits per heavy atom. The van der Waals surface area contributed by atoms with Crippen molar-refractivity contribution in [2.75, 3.05) is 0 Å². The largest absolute Gasteiger partial charge is 0.325 e. The molecule has 0 aliphatic rings. The molecule has 2 nitrogen and oxygen atoms in total. The van der Waals surface area contributed by atoms with Crippen LogP contribution in [0.15, 0.2) is 23.2 Å². The van der Waals surface area contributed by atoms with Gasteiger partial charge in [-0.25, -0.2) is 0 Å². The minimum Gasteiger partial charge on any atom is -0.325 e. The summed E-state index contributed by atoms with van der Waals surface area (Å²) >= 11 is 0.727. The zero-order valence-electron chi connectivity index (χ0n) is 6.61. The van der Waals surface area contributed by atoms with Crippen LogP contribution in [0.1, 0.15) is 25.5 Å². The second-order valence-corrected chi connectivity index (χ2v) is 3.32. The predicted molar refractivity (Wildman–Crippen MR) is 46.8 cm³/mol. The molecule has 1 aromatic rings. The Labute approximate surface area is 70.9 Å². The second-order valence-electron chi connectivity index (χ2n) is 2.66. The third-order valence-corrected chi connectivity index (χ3v) is 1.91. The predicted octanol–water partition coefficient (Wildman–Crippen LogP) is 2.77. The number of aromatic nitrogens is 1. The molecule has 1 aromatic heterocycles. The molecule has 0 spiro atoms. The smallest absolute Gasteiger partial charge is 0.0534 e. The fourth-order valence-electron chi connectivity index (χ4n) is 0.787. The Bertz CT molecular complexity index is 220. The monoisotopic (exact) mass is 169 g/mol. The molecule has 0 aliphatic carbocycles. The summed E-state index contributed by atoms with van der Waals surface area (Å²) in [4.78, 5) is 4.95. The molecule has 0 atom stereocenters. The van der Waals surface area contributed by atoms with Gasteiger partial charge in [0.2, 0.25) is 0 Å². The van der Waals surface area contributed by atoms with Crippen molar-refractivity contribution in [2.45, 2.75) is 24.7 Å². The molecule has 0 aliphatic heterocycles. The van der Waals surface area contributed by atoms with Crippen LogP contribution in [0.25, 0.3) is 0 Å². The van der Waals surface area contributed by atoms with Crippen molar-refractivity contribution < 1.29 is 4.55 Å². The van der Waals surface area contributed by atoms with Crippen LogP contribution in [0.5, 0.6) is 0 Å². The van der Waals surface area contributed by atoms with E-state index in [4.69, 9.17) is 4.55 Å². The SMILES string of the molecule is CC(C)c1ccc(SO)cn1. The van der Waals surface area contributed by atoms with E-state index in [9.17, 15) is 0 Å². The van der Waals surface area contributed by atoms with Crippen LogP contribution in [0.4, 0.5) is 0 Å². The number of hydrogen-bond donors (Lipinski definition) is 1. The van der Waals surface area contributed by atoms with E-state index in [-0.39, 0.29) is 0 Å². The molecular formula is C8H11NOS. The summed E-state index contributed by atoms with van der Waals surface area (Å²) in [5.41, 5.74) is 1.06. The van der Waals surface area contributed by atoms with Gasteiger partial charge < -0.3 is 4.55 Å². The first-order valence-electron chi connectivity index (χ1n) is 3.51. The first-order chi connectivity index (χ1) is 5.24. The van der Waals surface area contributed by atoms with Gasteiger partial charge in [-0.2, -0.15) is 0 Å². The highest BCUT2D eigenvalue weighted by Gasteiger charge is 1.99. The lowest BCUT2D eigenvalue weighted by Gasteiger charge is -2.02. The first-order valence-corrected chi connectivity index (χ1v) is 4.28. The van der Waals surface area contributed by atoms with Gasteiger partial charge in [0.15, 0.2) is 0 Å². The van der Waals surface area contributed by atoms with Crippen LogP contribution in [0.2, 0.25) is 0 Å². The fourth-order valence-corrected chi connectivity index (χ4v) is 1.02. The molecule has 11 heavy (non-hydrogen) atoms. The van der Waals surface area contributed by atoms with Gasteiger partial charge in [-0.15, -0.1) is 0 Å². The fraction of sp³-hybridized carbons (Fsp3) is 0.375. The summed E-state index contributed by atoms with van der Waals surface area (Å²) in [6, 6.07) is 3.80. The van der Waals surface area contributed by atoms with Gasteiger partial charge in [-0.1, -0.05) is 13.8 Å². The lowest BCUT2D eigenvalue weighted by molar-refractivity contribution is 0.663. The normalized spacial score (nSPS) is 10.5. The molecule has 1 heterocycles. The highest BCUT2D eigenvalue weighted by molar-refractivity contribution is 7.93. The summed E-state index contributed by atoms with van der Waals surface area (Å²) in [6.07, 6.45) is 1.68. The Hall–Kier alpha value is -0.540. The van der Waals surface area contributed by atoms with Crippen molar-refractivity contribution in [3.8, 4) is 0 Å². The Morgan fingerprint density at radius 1 is 1.45 bits per heavy atom. The molecule has 0 bridgehead atoms. The van der Waals surface area contributed by atoms with Crippen molar-refractivity contribution in [1.29, 1.82) is 0 Å². The van der Waals surface area contributed by atoms with Gasteiger partial charge >= 0.3 is 0 Å². The van der Waals surface area contributed by atoms with Crippen LogP contribution >= 0.6 is 12.0 Å². The summed E-state index contributed by atoms with van der Waals surface area (Å²) in [5.74, 6) is 0.452. The zero-order chi connectivity index (χ0) is 8.27. The molecule has 0 fully saturated rings. The molecule has 0 radical (unpaired) electrons. The minimum absolute atomic E-state index is 0.452. The van der Waals surface area contributed by atoms with Gasteiger partial charge in [0, 0.05) is 23.9 Å². The van der Waals surface area contributed by atoms with E-state index in [1.54, 1.807) is 6.20 Å². The first kappa shape index (κ1) is 8.56. The lowest BCUT2D eigenvalue weighted by atomic mass is 10.1.